The van der Waals surface area contributed by atoms with Crippen LogP contribution in [0.5, 0.6) is 0 Å². The maximum absolute atomic E-state index is 11.8. The molecule has 1 saturated carbocycles. The molecule has 0 bridgehead atoms. The van der Waals surface area contributed by atoms with Crippen LogP contribution in [0.25, 0.3) is 0 Å². The van der Waals surface area contributed by atoms with Gasteiger partial charge in [-0.3, -0.25) is 4.79 Å². The van der Waals surface area contributed by atoms with Crippen molar-refractivity contribution >= 4 is 5.91 Å². The second-order valence-electron chi connectivity index (χ2n) is 4.89. The first-order valence-corrected chi connectivity index (χ1v) is 6.54. The molecule has 0 spiro atoms. The van der Waals surface area contributed by atoms with E-state index in [0.29, 0.717) is 6.04 Å². The summed E-state index contributed by atoms with van der Waals surface area (Å²) in [5.74, 6) is 0.460. The maximum Gasteiger partial charge on any atom is 0.223 e. The third kappa shape index (κ3) is 4.67. The van der Waals surface area contributed by atoms with Crippen molar-refractivity contribution in [2.75, 3.05) is 0 Å². The highest BCUT2D eigenvalue weighted by molar-refractivity contribution is 5.78. The summed E-state index contributed by atoms with van der Waals surface area (Å²) in [6, 6.07) is 0.458. The monoisotopic (exact) mass is 211 g/mol. The quantitative estimate of drug-likeness (QED) is 0.710. The maximum atomic E-state index is 11.8. The Balaban J connectivity index is 2.28. The lowest BCUT2D eigenvalue weighted by Crippen LogP contribution is -2.37. The zero-order valence-electron chi connectivity index (χ0n) is 10.2. The van der Waals surface area contributed by atoms with E-state index in [9.17, 15) is 4.79 Å². The Bertz CT molecular complexity index is 183. The van der Waals surface area contributed by atoms with Crippen LogP contribution in [0.1, 0.15) is 65.2 Å². The Hall–Kier alpha value is -0.530. The van der Waals surface area contributed by atoms with E-state index in [1.165, 1.54) is 38.5 Å². The summed E-state index contributed by atoms with van der Waals surface area (Å²) in [6.45, 7) is 4.17. The van der Waals surface area contributed by atoms with Crippen LogP contribution in [0, 0.1) is 5.92 Å². The fraction of sp³-hybridized carbons (Fsp3) is 0.923. The summed E-state index contributed by atoms with van der Waals surface area (Å²) < 4.78 is 0. The van der Waals surface area contributed by atoms with Gasteiger partial charge in [0.2, 0.25) is 5.91 Å². The third-order valence-electron chi connectivity index (χ3n) is 3.37. The van der Waals surface area contributed by atoms with Gasteiger partial charge in [-0.1, -0.05) is 46.0 Å². The van der Waals surface area contributed by atoms with Crippen molar-refractivity contribution < 1.29 is 4.79 Å². The van der Waals surface area contributed by atoms with Gasteiger partial charge in [0, 0.05) is 12.0 Å². The average molecular weight is 211 g/mol. The van der Waals surface area contributed by atoms with Crippen LogP contribution in [0.3, 0.4) is 0 Å². The lowest BCUT2D eigenvalue weighted by Gasteiger charge is -2.19. The number of rotatable bonds is 4. The zero-order valence-corrected chi connectivity index (χ0v) is 10.2. The van der Waals surface area contributed by atoms with Crippen molar-refractivity contribution in [3.8, 4) is 0 Å². The van der Waals surface area contributed by atoms with Crippen molar-refractivity contribution in [3.63, 3.8) is 0 Å². The summed E-state index contributed by atoms with van der Waals surface area (Å²) in [6.07, 6.45) is 9.74. The number of hydrogen-bond acceptors (Lipinski definition) is 1. The number of carbonyl (C=O) groups excluding carboxylic acids is 1. The van der Waals surface area contributed by atoms with Gasteiger partial charge in [-0.2, -0.15) is 0 Å². The molecule has 0 unspecified atom stereocenters. The third-order valence-corrected chi connectivity index (χ3v) is 3.37. The number of hydrogen-bond donors (Lipinski definition) is 1. The molecule has 0 heterocycles. The molecule has 1 fully saturated rings. The smallest absolute Gasteiger partial charge is 0.223 e. The predicted molar refractivity (Wildman–Crippen MR) is 63.7 cm³/mol. The van der Waals surface area contributed by atoms with Gasteiger partial charge in [0.05, 0.1) is 0 Å². The molecule has 0 saturated heterocycles. The number of nitrogens with one attached hydrogen (secondary N) is 1. The minimum Gasteiger partial charge on any atom is -0.353 e. The van der Waals surface area contributed by atoms with E-state index in [-0.39, 0.29) is 11.8 Å². The fourth-order valence-electron chi connectivity index (χ4n) is 2.33. The molecule has 1 N–H and O–H groups in total. The molecule has 15 heavy (non-hydrogen) atoms. The Morgan fingerprint density at radius 2 is 1.87 bits per heavy atom. The van der Waals surface area contributed by atoms with Crippen molar-refractivity contribution in [2.45, 2.75) is 71.3 Å². The van der Waals surface area contributed by atoms with E-state index in [1.807, 2.05) is 6.92 Å². The van der Waals surface area contributed by atoms with Gasteiger partial charge in [0.1, 0.15) is 0 Å². The normalized spacial score (nSPS) is 20.7. The summed E-state index contributed by atoms with van der Waals surface area (Å²) in [5, 5.41) is 3.20. The van der Waals surface area contributed by atoms with Crippen LogP contribution in [-0.4, -0.2) is 11.9 Å². The van der Waals surface area contributed by atoms with Crippen LogP contribution in [0.4, 0.5) is 0 Å². The molecule has 1 atom stereocenters. The van der Waals surface area contributed by atoms with Crippen molar-refractivity contribution in [3.05, 3.63) is 0 Å². The topological polar surface area (TPSA) is 29.1 Å². The van der Waals surface area contributed by atoms with Crippen LogP contribution in [-0.2, 0) is 4.79 Å². The highest BCUT2D eigenvalue weighted by Gasteiger charge is 2.17. The Morgan fingerprint density at radius 3 is 2.40 bits per heavy atom. The van der Waals surface area contributed by atoms with Crippen LogP contribution in [0.15, 0.2) is 0 Å². The molecule has 1 aliphatic rings. The molecule has 0 aliphatic heterocycles. The summed E-state index contributed by atoms with van der Waals surface area (Å²) >= 11 is 0. The van der Waals surface area contributed by atoms with Gasteiger partial charge in [-0.15, -0.1) is 0 Å². The highest BCUT2D eigenvalue weighted by atomic mass is 16.1. The van der Waals surface area contributed by atoms with E-state index in [1.54, 1.807) is 0 Å². The lowest BCUT2D eigenvalue weighted by molar-refractivity contribution is -0.125. The first-order valence-electron chi connectivity index (χ1n) is 6.54. The SMILES string of the molecule is CCC[C@@H](C)C(=O)NC1CCCCCC1. The van der Waals surface area contributed by atoms with Crippen LogP contribution < -0.4 is 5.32 Å². The Morgan fingerprint density at radius 1 is 1.27 bits per heavy atom. The van der Waals surface area contributed by atoms with Crippen molar-refractivity contribution in [2.24, 2.45) is 5.92 Å². The van der Waals surface area contributed by atoms with Gasteiger partial charge in [0.25, 0.3) is 0 Å². The Labute approximate surface area is 93.8 Å². The minimum atomic E-state index is 0.193. The molecular weight excluding hydrogens is 186 g/mol. The molecule has 1 rings (SSSR count). The molecular formula is C13H25NO. The predicted octanol–water partition coefficient (Wildman–Crippen LogP) is 3.26. The van der Waals surface area contributed by atoms with Crippen molar-refractivity contribution in [1.29, 1.82) is 0 Å². The van der Waals surface area contributed by atoms with E-state index in [0.717, 1.165) is 12.8 Å². The van der Waals surface area contributed by atoms with E-state index >= 15 is 0 Å². The molecule has 2 nitrogen and oxygen atoms in total. The average Bonchev–Trinajstić information content (AvgIpc) is 2.46. The van der Waals surface area contributed by atoms with E-state index in [2.05, 4.69) is 12.2 Å². The van der Waals surface area contributed by atoms with Gasteiger partial charge >= 0.3 is 0 Å². The number of carbonyl (C=O) groups is 1. The molecule has 1 amide bonds. The zero-order chi connectivity index (χ0) is 11.1. The number of amides is 1. The molecule has 0 aromatic rings. The molecule has 88 valence electrons. The first kappa shape index (κ1) is 12.5. The molecule has 1 aliphatic carbocycles. The second-order valence-corrected chi connectivity index (χ2v) is 4.89. The second kappa shape index (κ2) is 6.86. The molecule has 0 radical (unpaired) electrons. The lowest BCUT2D eigenvalue weighted by atomic mass is 10.0. The minimum absolute atomic E-state index is 0.193. The van der Waals surface area contributed by atoms with Gasteiger partial charge in [0.15, 0.2) is 0 Å². The van der Waals surface area contributed by atoms with Crippen molar-refractivity contribution in [1.82, 2.24) is 5.32 Å². The molecule has 2 heteroatoms. The summed E-state index contributed by atoms with van der Waals surface area (Å²) in [5.41, 5.74) is 0. The first-order chi connectivity index (χ1) is 7.24. The summed E-state index contributed by atoms with van der Waals surface area (Å²) in [4.78, 5) is 11.8. The Kier molecular flexibility index (Phi) is 5.74. The molecule has 0 aromatic heterocycles. The van der Waals surface area contributed by atoms with Gasteiger partial charge in [-0.25, -0.2) is 0 Å². The van der Waals surface area contributed by atoms with Crippen LogP contribution in [0.2, 0.25) is 0 Å². The largest absolute Gasteiger partial charge is 0.353 e. The van der Waals surface area contributed by atoms with Crippen LogP contribution >= 0.6 is 0 Å². The fourth-order valence-corrected chi connectivity index (χ4v) is 2.33. The van der Waals surface area contributed by atoms with Gasteiger partial charge in [-0.05, 0) is 19.3 Å². The van der Waals surface area contributed by atoms with Gasteiger partial charge < -0.3 is 5.32 Å². The standard InChI is InChI=1S/C13H25NO/c1-3-8-11(2)13(15)14-12-9-6-4-5-7-10-12/h11-12H,3-10H2,1-2H3,(H,14,15)/t11-/m1/s1. The van der Waals surface area contributed by atoms with E-state index in [4.69, 9.17) is 0 Å². The van der Waals surface area contributed by atoms with E-state index < -0.39 is 0 Å². The summed E-state index contributed by atoms with van der Waals surface area (Å²) in [7, 11) is 0. The molecule has 0 aromatic carbocycles. The highest BCUT2D eigenvalue weighted by Crippen LogP contribution is 2.18.